The summed E-state index contributed by atoms with van der Waals surface area (Å²) in [5.41, 5.74) is 3.85. The maximum absolute atomic E-state index is 13.8. The van der Waals surface area contributed by atoms with E-state index in [2.05, 4.69) is 5.32 Å². The molecule has 192 valence electrons. The predicted octanol–water partition coefficient (Wildman–Crippen LogP) is 5.08. The molecule has 1 aliphatic heterocycles. The highest BCUT2D eigenvalue weighted by atomic mass is 16.5. The largest absolute Gasteiger partial charge is 0.497 e. The van der Waals surface area contributed by atoms with Gasteiger partial charge < -0.3 is 24.3 Å². The quantitative estimate of drug-likeness (QED) is 0.475. The van der Waals surface area contributed by atoms with E-state index in [0.717, 1.165) is 40.8 Å². The molecule has 3 aromatic rings. The van der Waals surface area contributed by atoms with Crippen LogP contribution in [0.15, 0.2) is 60.7 Å². The average molecular weight is 502 g/mol. The summed E-state index contributed by atoms with van der Waals surface area (Å²) >= 11 is 0. The Balaban J connectivity index is 1.44. The molecule has 1 amide bonds. The molecule has 0 saturated heterocycles. The second kappa shape index (κ2) is 9.81. The molecule has 7 nitrogen and oxygen atoms in total. The number of benzene rings is 3. The Kier molecular flexibility index (Phi) is 6.54. The lowest BCUT2D eigenvalue weighted by Crippen LogP contribution is -2.44. The normalized spacial score (nSPS) is 21.7. The first-order valence-electron chi connectivity index (χ1n) is 12.4. The third-order valence-electron chi connectivity index (χ3n) is 7.63. The second-order valence-corrected chi connectivity index (χ2v) is 9.74. The Morgan fingerprint density at radius 1 is 0.946 bits per heavy atom. The summed E-state index contributed by atoms with van der Waals surface area (Å²) in [4.78, 5) is 25.7. The van der Waals surface area contributed by atoms with Crippen molar-refractivity contribution in [3.63, 3.8) is 0 Å². The van der Waals surface area contributed by atoms with Gasteiger partial charge in [-0.1, -0.05) is 18.2 Å². The van der Waals surface area contributed by atoms with E-state index in [-0.39, 0.29) is 24.0 Å². The SMILES string of the molecule is COC(=O)c1ccc([C@H]2C[C@@H](NC(=O)[C@]3(C)CCc4cc(OC)ccc43)c3ccc(OC)cc3O2)cc1. The lowest BCUT2D eigenvalue weighted by atomic mass is 9.82. The molecule has 5 rings (SSSR count). The van der Waals surface area contributed by atoms with E-state index in [1.807, 2.05) is 55.5 Å². The van der Waals surface area contributed by atoms with Crippen molar-refractivity contribution in [2.24, 2.45) is 0 Å². The minimum atomic E-state index is -0.635. The highest BCUT2D eigenvalue weighted by Gasteiger charge is 2.43. The average Bonchev–Trinajstić information content (AvgIpc) is 3.29. The van der Waals surface area contributed by atoms with Gasteiger partial charge in [0.15, 0.2) is 0 Å². The first-order chi connectivity index (χ1) is 17.9. The Labute approximate surface area is 216 Å². The van der Waals surface area contributed by atoms with Gasteiger partial charge in [-0.05, 0) is 72.9 Å². The van der Waals surface area contributed by atoms with Gasteiger partial charge in [0.1, 0.15) is 23.4 Å². The van der Waals surface area contributed by atoms with Crippen LogP contribution in [-0.2, 0) is 21.4 Å². The van der Waals surface area contributed by atoms with E-state index < -0.39 is 5.41 Å². The van der Waals surface area contributed by atoms with E-state index in [4.69, 9.17) is 18.9 Å². The van der Waals surface area contributed by atoms with Crippen LogP contribution in [0.4, 0.5) is 0 Å². The van der Waals surface area contributed by atoms with Gasteiger partial charge in [-0.2, -0.15) is 0 Å². The van der Waals surface area contributed by atoms with Crippen molar-refractivity contribution in [3.05, 3.63) is 88.5 Å². The zero-order valence-corrected chi connectivity index (χ0v) is 21.5. The minimum Gasteiger partial charge on any atom is -0.497 e. The molecule has 1 aliphatic carbocycles. The number of methoxy groups -OCH3 is 3. The van der Waals surface area contributed by atoms with Crippen LogP contribution in [0.3, 0.4) is 0 Å². The summed E-state index contributed by atoms with van der Waals surface area (Å²) in [6.45, 7) is 2.01. The lowest BCUT2D eigenvalue weighted by Gasteiger charge is -2.35. The number of aryl methyl sites for hydroxylation is 1. The van der Waals surface area contributed by atoms with Gasteiger partial charge in [-0.25, -0.2) is 4.79 Å². The van der Waals surface area contributed by atoms with Crippen molar-refractivity contribution in [2.45, 2.75) is 43.7 Å². The fraction of sp³-hybridized carbons (Fsp3) is 0.333. The first kappa shape index (κ1) is 24.7. The molecule has 1 heterocycles. The number of hydrogen-bond donors (Lipinski definition) is 1. The number of hydrogen-bond acceptors (Lipinski definition) is 6. The molecule has 2 aliphatic rings. The van der Waals surface area contributed by atoms with Gasteiger partial charge in [-0.15, -0.1) is 0 Å². The predicted molar refractivity (Wildman–Crippen MR) is 138 cm³/mol. The Bertz CT molecular complexity index is 1330. The van der Waals surface area contributed by atoms with Crippen LogP contribution in [0.2, 0.25) is 0 Å². The second-order valence-electron chi connectivity index (χ2n) is 9.74. The molecular weight excluding hydrogens is 470 g/mol. The van der Waals surface area contributed by atoms with Crippen molar-refractivity contribution in [2.75, 3.05) is 21.3 Å². The van der Waals surface area contributed by atoms with Gasteiger partial charge >= 0.3 is 5.97 Å². The molecule has 0 aromatic heterocycles. The standard InChI is InChI=1S/C30H31NO6/c1-30(14-13-20-15-21(34-2)10-12-24(20)30)29(33)31-25-17-26(18-5-7-19(8-6-18)28(32)36-4)37-27-16-22(35-3)9-11-23(25)27/h5-12,15-16,25-26H,13-14,17H2,1-4H3,(H,31,33)/t25-,26-,30-/m1/s1. The topological polar surface area (TPSA) is 83.1 Å². The van der Waals surface area contributed by atoms with Crippen molar-refractivity contribution in [3.8, 4) is 17.2 Å². The van der Waals surface area contributed by atoms with Crippen LogP contribution in [0.25, 0.3) is 0 Å². The molecule has 0 fully saturated rings. The van der Waals surface area contributed by atoms with Crippen molar-refractivity contribution in [1.29, 1.82) is 0 Å². The highest BCUT2D eigenvalue weighted by Crippen LogP contribution is 2.45. The molecule has 0 bridgehead atoms. The molecule has 0 spiro atoms. The number of fused-ring (bicyclic) bond motifs is 2. The van der Waals surface area contributed by atoms with E-state index in [1.54, 1.807) is 26.4 Å². The van der Waals surface area contributed by atoms with Crippen LogP contribution in [0, 0.1) is 0 Å². The van der Waals surface area contributed by atoms with Crippen LogP contribution in [0.1, 0.15) is 64.5 Å². The molecule has 3 atom stereocenters. The van der Waals surface area contributed by atoms with Crippen molar-refractivity contribution < 1.29 is 28.5 Å². The van der Waals surface area contributed by atoms with Gasteiger partial charge in [0.2, 0.25) is 5.91 Å². The molecule has 3 aromatic carbocycles. The number of nitrogens with one attached hydrogen (secondary N) is 1. The summed E-state index contributed by atoms with van der Waals surface area (Å²) in [7, 11) is 4.62. The van der Waals surface area contributed by atoms with E-state index >= 15 is 0 Å². The van der Waals surface area contributed by atoms with Crippen molar-refractivity contribution in [1.82, 2.24) is 5.32 Å². The molecule has 0 radical (unpaired) electrons. The summed E-state index contributed by atoms with van der Waals surface area (Å²) in [6.07, 6.45) is 1.80. The summed E-state index contributed by atoms with van der Waals surface area (Å²) in [5.74, 6) is 1.75. The number of esters is 1. The maximum atomic E-state index is 13.8. The van der Waals surface area contributed by atoms with E-state index in [9.17, 15) is 9.59 Å². The van der Waals surface area contributed by atoms with Crippen LogP contribution >= 0.6 is 0 Å². The Morgan fingerprint density at radius 3 is 2.35 bits per heavy atom. The maximum Gasteiger partial charge on any atom is 0.337 e. The zero-order valence-electron chi connectivity index (χ0n) is 21.5. The molecule has 7 heteroatoms. The fourth-order valence-electron chi connectivity index (χ4n) is 5.38. The fourth-order valence-corrected chi connectivity index (χ4v) is 5.38. The van der Waals surface area contributed by atoms with Gasteiger partial charge in [-0.3, -0.25) is 4.79 Å². The summed E-state index contributed by atoms with van der Waals surface area (Å²) in [5, 5.41) is 3.34. The van der Waals surface area contributed by atoms with E-state index in [1.165, 1.54) is 7.11 Å². The van der Waals surface area contributed by atoms with Crippen LogP contribution < -0.4 is 19.5 Å². The number of rotatable bonds is 6. The molecule has 37 heavy (non-hydrogen) atoms. The number of carbonyl (C=O) groups excluding carboxylic acids is 2. The third-order valence-corrected chi connectivity index (χ3v) is 7.63. The first-order valence-corrected chi connectivity index (χ1v) is 12.4. The number of amides is 1. The third kappa shape index (κ3) is 4.50. The zero-order chi connectivity index (χ0) is 26.2. The highest BCUT2D eigenvalue weighted by molar-refractivity contribution is 5.90. The smallest absolute Gasteiger partial charge is 0.337 e. The molecule has 0 saturated carbocycles. The van der Waals surface area contributed by atoms with E-state index in [0.29, 0.717) is 23.5 Å². The van der Waals surface area contributed by atoms with Crippen LogP contribution in [-0.4, -0.2) is 33.2 Å². The lowest BCUT2D eigenvalue weighted by molar-refractivity contribution is -0.127. The number of carbonyl (C=O) groups is 2. The Hall–Kier alpha value is -4.00. The van der Waals surface area contributed by atoms with Gasteiger partial charge in [0.05, 0.1) is 38.3 Å². The minimum absolute atomic E-state index is 0.00938. The van der Waals surface area contributed by atoms with Gasteiger partial charge in [0, 0.05) is 18.1 Å². The monoisotopic (exact) mass is 501 g/mol. The Morgan fingerprint density at radius 2 is 1.65 bits per heavy atom. The molecular formula is C30H31NO6. The summed E-state index contributed by atoms with van der Waals surface area (Å²) in [6, 6.07) is 18.6. The molecule has 1 N–H and O–H groups in total. The van der Waals surface area contributed by atoms with Gasteiger partial charge in [0.25, 0.3) is 0 Å². The van der Waals surface area contributed by atoms with Crippen LogP contribution in [0.5, 0.6) is 17.2 Å². The van der Waals surface area contributed by atoms with Crippen molar-refractivity contribution >= 4 is 11.9 Å². The summed E-state index contributed by atoms with van der Waals surface area (Å²) < 4.78 is 22.0. The molecule has 0 unspecified atom stereocenters. The number of ether oxygens (including phenoxy) is 4.